The summed E-state index contributed by atoms with van der Waals surface area (Å²) in [6, 6.07) is 10.2. The van der Waals surface area contributed by atoms with E-state index in [9.17, 15) is 14.7 Å². The van der Waals surface area contributed by atoms with E-state index < -0.39 is 0 Å². The number of hydrogen-bond acceptors (Lipinski definition) is 6. The molecule has 32 heavy (non-hydrogen) atoms. The average Bonchev–Trinajstić information content (AvgIpc) is 3.34. The highest BCUT2D eigenvalue weighted by Crippen LogP contribution is 2.35. The van der Waals surface area contributed by atoms with Crippen molar-refractivity contribution in [2.45, 2.75) is 0 Å². The SMILES string of the molecule is C=CCNC(=O)c1cccc(-c2cn3c(=O)/c(=C/c4cc(Cl)c(O)c(OC)c4)sc3n2)c1. The van der Waals surface area contributed by atoms with Crippen molar-refractivity contribution in [2.75, 3.05) is 13.7 Å². The number of aromatic hydroxyl groups is 1. The second kappa shape index (κ2) is 8.86. The highest BCUT2D eigenvalue weighted by Gasteiger charge is 2.13. The van der Waals surface area contributed by atoms with Crippen LogP contribution < -0.4 is 20.1 Å². The molecular weight excluding hydrogens is 450 g/mol. The first-order chi connectivity index (χ1) is 15.4. The Morgan fingerprint density at radius 1 is 1.38 bits per heavy atom. The molecule has 0 bridgehead atoms. The van der Waals surface area contributed by atoms with E-state index in [1.807, 2.05) is 6.07 Å². The minimum atomic E-state index is -0.230. The maximum Gasteiger partial charge on any atom is 0.274 e. The van der Waals surface area contributed by atoms with Crippen LogP contribution in [-0.4, -0.2) is 34.1 Å². The summed E-state index contributed by atoms with van der Waals surface area (Å²) in [6.45, 7) is 3.96. The third-order valence-corrected chi connectivity index (χ3v) is 5.97. The lowest BCUT2D eigenvalue weighted by Gasteiger charge is -2.05. The number of fused-ring (bicyclic) bond motifs is 1. The van der Waals surface area contributed by atoms with E-state index in [1.54, 1.807) is 48.7 Å². The van der Waals surface area contributed by atoms with Gasteiger partial charge in [-0.2, -0.15) is 0 Å². The number of imidazole rings is 1. The van der Waals surface area contributed by atoms with Gasteiger partial charge in [0.25, 0.3) is 11.5 Å². The van der Waals surface area contributed by atoms with Crippen LogP contribution in [-0.2, 0) is 0 Å². The largest absolute Gasteiger partial charge is 0.503 e. The van der Waals surface area contributed by atoms with E-state index in [-0.39, 0.29) is 28.0 Å². The molecule has 4 aromatic rings. The van der Waals surface area contributed by atoms with Crippen LogP contribution in [0.4, 0.5) is 0 Å². The summed E-state index contributed by atoms with van der Waals surface area (Å²) in [7, 11) is 1.42. The maximum atomic E-state index is 12.9. The van der Waals surface area contributed by atoms with Crippen LogP contribution in [0.2, 0.25) is 5.02 Å². The fourth-order valence-electron chi connectivity index (χ4n) is 3.14. The number of phenolic OH excluding ortho intramolecular Hbond substituents is 1. The van der Waals surface area contributed by atoms with Crippen LogP contribution in [0.15, 0.2) is 60.0 Å². The third kappa shape index (κ3) is 4.10. The molecule has 0 aliphatic rings. The van der Waals surface area contributed by atoms with E-state index in [1.165, 1.54) is 22.8 Å². The van der Waals surface area contributed by atoms with Crippen LogP contribution in [0.25, 0.3) is 22.3 Å². The van der Waals surface area contributed by atoms with Crippen molar-refractivity contribution in [1.82, 2.24) is 14.7 Å². The molecule has 0 atom stereocenters. The standard InChI is InChI=1S/C23H18ClN3O4S/c1-3-7-25-21(29)15-6-4-5-14(11-15)17-12-27-22(30)19(32-23(27)26-17)10-13-8-16(24)20(28)18(9-13)31-2/h3-6,8-12,28H,1,7H2,2H3,(H,25,29)/b19-10-. The zero-order valence-corrected chi connectivity index (χ0v) is 18.5. The summed E-state index contributed by atoms with van der Waals surface area (Å²) in [5.41, 5.74) is 2.20. The predicted octanol–water partition coefficient (Wildman–Crippen LogP) is 3.25. The molecule has 0 saturated carbocycles. The molecule has 2 aromatic carbocycles. The lowest BCUT2D eigenvalue weighted by Crippen LogP contribution is -2.23. The number of amides is 1. The van der Waals surface area contributed by atoms with Crippen molar-refractivity contribution in [3.05, 3.63) is 86.3 Å². The minimum Gasteiger partial charge on any atom is -0.503 e. The Kier molecular flexibility index (Phi) is 5.98. The van der Waals surface area contributed by atoms with Gasteiger partial charge in [-0.15, -0.1) is 6.58 Å². The average molecular weight is 468 g/mol. The molecule has 2 heterocycles. The Morgan fingerprint density at radius 3 is 2.91 bits per heavy atom. The highest BCUT2D eigenvalue weighted by atomic mass is 35.5. The van der Waals surface area contributed by atoms with Gasteiger partial charge in [0.2, 0.25) is 0 Å². The molecule has 0 saturated heterocycles. The number of methoxy groups -OCH3 is 1. The lowest BCUT2D eigenvalue weighted by atomic mass is 10.1. The third-order valence-electron chi connectivity index (χ3n) is 4.70. The van der Waals surface area contributed by atoms with Crippen molar-refractivity contribution >= 4 is 39.9 Å². The van der Waals surface area contributed by atoms with E-state index in [2.05, 4.69) is 16.9 Å². The Bertz CT molecular complexity index is 1460. The van der Waals surface area contributed by atoms with Crippen molar-refractivity contribution in [3.63, 3.8) is 0 Å². The molecule has 162 valence electrons. The van der Waals surface area contributed by atoms with Crippen LogP contribution in [0.5, 0.6) is 11.5 Å². The van der Waals surface area contributed by atoms with Crippen molar-refractivity contribution in [2.24, 2.45) is 0 Å². The summed E-state index contributed by atoms with van der Waals surface area (Å²) in [5, 5.41) is 12.7. The van der Waals surface area contributed by atoms with E-state index in [0.29, 0.717) is 32.9 Å². The van der Waals surface area contributed by atoms with Gasteiger partial charge < -0.3 is 15.2 Å². The van der Waals surface area contributed by atoms with Gasteiger partial charge in [0.15, 0.2) is 16.5 Å². The number of rotatable bonds is 6. The number of benzene rings is 2. The van der Waals surface area contributed by atoms with Crippen LogP contribution in [0.3, 0.4) is 0 Å². The van der Waals surface area contributed by atoms with Crippen LogP contribution in [0, 0.1) is 0 Å². The number of aromatic nitrogens is 2. The topological polar surface area (TPSA) is 92.9 Å². The van der Waals surface area contributed by atoms with E-state index >= 15 is 0 Å². The van der Waals surface area contributed by atoms with Gasteiger partial charge in [-0.25, -0.2) is 4.98 Å². The van der Waals surface area contributed by atoms with Crippen LogP contribution >= 0.6 is 22.9 Å². The quantitative estimate of drug-likeness (QED) is 0.425. The van der Waals surface area contributed by atoms with Gasteiger partial charge in [-0.05, 0) is 35.9 Å². The van der Waals surface area contributed by atoms with Gasteiger partial charge in [-0.1, -0.05) is 41.1 Å². The Morgan fingerprint density at radius 2 is 2.19 bits per heavy atom. The van der Waals surface area contributed by atoms with Gasteiger partial charge in [-0.3, -0.25) is 14.0 Å². The zero-order valence-electron chi connectivity index (χ0n) is 17.0. The number of carbonyl (C=O) groups excluding carboxylic acids is 1. The van der Waals surface area contributed by atoms with Crippen LogP contribution in [0.1, 0.15) is 15.9 Å². The van der Waals surface area contributed by atoms with Gasteiger partial charge in [0, 0.05) is 23.9 Å². The zero-order chi connectivity index (χ0) is 22.8. The molecular formula is C23H18ClN3O4S. The number of carbonyl (C=O) groups is 1. The monoisotopic (exact) mass is 467 g/mol. The summed E-state index contributed by atoms with van der Waals surface area (Å²) in [6.07, 6.45) is 4.92. The number of halogens is 1. The summed E-state index contributed by atoms with van der Waals surface area (Å²) in [5.74, 6) is -0.145. The summed E-state index contributed by atoms with van der Waals surface area (Å²) >= 11 is 7.26. The molecule has 9 heteroatoms. The number of ether oxygens (including phenoxy) is 1. The Labute approximate surface area is 191 Å². The Balaban J connectivity index is 1.71. The van der Waals surface area contributed by atoms with Crippen molar-refractivity contribution in [1.29, 1.82) is 0 Å². The smallest absolute Gasteiger partial charge is 0.274 e. The first kappa shape index (κ1) is 21.6. The first-order valence-corrected chi connectivity index (χ1v) is 10.7. The minimum absolute atomic E-state index is 0.128. The number of phenols is 1. The predicted molar refractivity (Wildman–Crippen MR) is 126 cm³/mol. The molecule has 0 fully saturated rings. The first-order valence-electron chi connectivity index (χ1n) is 9.51. The molecule has 7 nitrogen and oxygen atoms in total. The number of nitrogens with one attached hydrogen (secondary N) is 1. The molecule has 2 aromatic heterocycles. The van der Waals surface area contributed by atoms with E-state index in [4.69, 9.17) is 16.3 Å². The second-order valence-corrected chi connectivity index (χ2v) is 8.24. The van der Waals surface area contributed by atoms with Gasteiger partial charge in [0.1, 0.15) is 0 Å². The Hall–Kier alpha value is -3.62. The summed E-state index contributed by atoms with van der Waals surface area (Å²) < 4.78 is 7.04. The van der Waals surface area contributed by atoms with Crippen molar-refractivity contribution < 1.29 is 14.6 Å². The second-order valence-electron chi connectivity index (χ2n) is 6.83. The number of thiazole rings is 1. The maximum absolute atomic E-state index is 12.9. The van der Waals surface area contributed by atoms with Crippen molar-refractivity contribution in [3.8, 4) is 22.8 Å². The molecule has 0 spiro atoms. The summed E-state index contributed by atoms with van der Waals surface area (Å²) in [4.78, 5) is 30.2. The molecule has 0 aliphatic heterocycles. The fourth-order valence-corrected chi connectivity index (χ4v) is 4.32. The molecule has 1 amide bonds. The molecule has 0 radical (unpaired) electrons. The molecule has 2 N–H and O–H groups in total. The van der Waals surface area contributed by atoms with Gasteiger partial charge >= 0.3 is 0 Å². The lowest BCUT2D eigenvalue weighted by molar-refractivity contribution is 0.0958. The molecule has 0 aliphatic carbocycles. The normalized spacial score (nSPS) is 11.6. The number of nitrogens with zero attached hydrogens (tertiary/aromatic N) is 2. The highest BCUT2D eigenvalue weighted by molar-refractivity contribution is 7.15. The fraction of sp³-hybridized carbons (Fsp3) is 0.0870. The molecule has 4 rings (SSSR count). The van der Waals surface area contributed by atoms with Gasteiger partial charge in [0.05, 0.1) is 22.4 Å². The molecule has 0 unspecified atom stereocenters. The van der Waals surface area contributed by atoms with E-state index in [0.717, 1.165) is 5.56 Å². The number of hydrogen-bond donors (Lipinski definition) is 2.